The first-order chi connectivity index (χ1) is 23.1. The van der Waals surface area contributed by atoms with E-state index in [2.05, 4.69) is 31.3 Å². The normalized spacial score (nSPS) is 22.7. The Morgan fingerprint density at radius 3 is 2.04 bits per heavy atom. The lowest BCUT2D eigenvalue weighted by molar-refractivity contribution is -0.291. The van der Waals surface area contributed by atoms with Gasteiger partial charge in [-0.15, -0.1) is 0 Å². The van der Waals surface area contributed by atoms with Gasteiger partial charge in [-0.1, -0.05) is 117 Å². The summed E-state index contributed by atoms with van der Waals surface area (Å²) in [6.07, 6.45) is 2.13. The van der Waals surface area contributed by atoms with Crippen molar-refractivity contribution in [2.45, 2.75) is 96.9 Å². The van der Waals surface area contributed by atoms with Crippen LogP contribution in [-0.4, -0.2) is 60.7 Å². The number of carbonyl (C=O) groups is 1. The molecule has 8 heteroatoms. The van der Waals surface area contributed by atoms with Crippen LogP contribution in [0.3, 0.4) is 0 Å². The van der Waals surface area contributed by atoms with Crippen molar-refractivity contribution in [2.75, 3.05) is 13.2 Å². The number of hydrogen-bond donors (Lipinski definition) is 2. The first-order valence-electron chi connectivity index (χ1n) is 17.0. The van der Waals surface area contributed by atoms with Crippen LogP contribution in [0.25, 0.3) is 0 Å². The molecule has 3 aromatic rings. The summed E-state index contributed by atoms with van der Waals surface area (Å²) >= 11 is 0. The molecule has 0 bridgehead atoms. The molecule has 0 radical (unpaired) electrons. The summed E-state index contributed by atoms with van der Waals surface area (Å²) in [5.41, 5.74) is 2.65. The molecule has 1 aliphatic rings. The van der Waals surface area contributed by atoms with Gasteiger partial charge in [0.15, 0.2) is 6.29 Å². The summed E-state index contributed by atoms with van der Waals surface area (Å²) in [7, 11) is 0. The number of nitrogens with one attached hydrogen (secondary N) is 1. The van der Waals surface area contributed by atoms with Crippen molar-refractivity contribution in [1.29, 1.82) is 0 Å². The van der Waals surface area contributed by atoms with Gasteiger partial charge in [-0.3, -0.25) is 0 Å². The molecule has 0 aromatic heterocycles. The van der Waals surface area contributed by atoms with E-state index in [-0.39, 0.29) is 24.5 Å². The fourth-order valence-corrected chi connectivity index (χ4v) is 5.60. The van der Waals surface area contributed by atoms with Gasteiger partial charge in [0.05, 0.1) is 44.7 Å². The highest BCUT2D eigenvalue weighted by Gasteiger charge is 2.43. The van der Waals surface area contributed by atoms with Crippen LogP contribution in [0.5, 0.6) is 0 Å². The van der Waals surface area contributed by atoms with Crippen molar-refractivity contribution in [3.05, 3.63) is 120 Å². The Kier molecular flexibility index (Phi) is 14.7. The molecule has 48 heavy (non-hydrogen) atoms. The van der Waals surface area contributed by atoms with Crippen LogP contribution in [0, 0.1) is 11.8 Å². The SMILES string of the molecule is C[C@@H]1C(OCc2ccccc2)[C@@H](OC[C@H](NC(=O)OC(C)(C)C)[C@H](O)/C=C/CCc2ccccc2)OC(COCc2ccccc2)[C@@H]1C. The molecule has 2 unspecified atom stereocenters. The second-order valence-electron chi connectivity index (χ2n) is 13.6. The summed E-state index contributed by atoms with van der Waals surface area (Å²) in [5.74, 6) is 0.188. The van der Waals surface area contributed by atoms with E-state index >= 15 is 0 Å². The smallest absolute Gasteiger partial charge is 0.408 e. The largest absolute Gasteiger partial charge is 0.444 e. The van der Waals surface area contributed by atoms with Crippen molar-refractivity contribution in [1.82, 2.24) is 5.32 Å². The highest BCUT2D eigenvalue weighted by Crippen LogP contribution is 2.34. The van der Waals surface area contributed by atoms with Gasteiger partial charge in [0, 0.05) is 0 Å². The Balaban J connectivity index is 1.45. The molecule has 2 N–H and O–H groups in total. The summed E-state index contributed by atoms with van der Waals surface area (Å²) < 4.78 is 31.1. The summed E-state index contributed by atoms with van der Waals surface area (Å²) in [4.78, 5) is 12.8. The maximum Gasteiger partial charge on any atom is 0.408 e. The molecule has 8 nitrogen and oxygen atoms in total. The summed E-state index contributed by atoms with van der Waals surface area (Å²) in [5, 5.41) is 14.1. The van der Waals surface area contributed by atoms with Gasteiger partial charge in [-0.05, 0) is 62.1 Å². The summed E-state index contributed by atoms with van der Waals surface area (Å²) in [6.45, 7) is 10.9. The molecule has 0 spiro atoms. The van der Waals surface area contributed by atoms with E-state index < -0.39 is 36.2 Å². The lowest BCUT2D eigenvalue weighted by atomic mass is 9.83. The first-order valence-corrected chi connectivity index (χ1v) is 17.0. The van der Waals surface area contributed by atoms with Gasteiger partial charge < -0.3 is 34.1 Å². The van der Waals surface area contributed by atoms with Crippen LogP contribution < -0.4 is 5.32 Å². The van der Waals surface area contributed by atoms with E-state index in [1.807, 2.05) is 84.9 Å². The number of aliphatic hydroxyl groups excluding tert-OH is 1. The lowest BCUT2D eigenvalue weighted by Gasteiger charge is -2.44. The van der Waals surface area contributed by atoms with Crippen LogP contribution >= 0.6 is 0 Å². The fourth-order valence-electron chi connectivity index (χ4n) is 5.60. The Morgan fingerprint density at radius 1 is 0.854 bits per heavy atom. The first kappa shape index (κ1) is 37.3. The van der Waals surface area contributed by atoms with Crippen LogP contribution in [0.15, 0.2) is 103 Å². The molecule has 0 aliphatic carbocycles. The number of aliphatic hydroxyl groups is 1. The van der Waals surface area contributed by atoms with Gasteiger partial charge in [0.25, 0.3) is 0 Å². The monoisotopic (exact) mass is 659 g/mol. The van der Waals surface area contributed by atoms with E-state index in [1.165, 1.54) is 5.56 Å². The molecule has 4 rings (SSSR count). The highest BCUT2D eigenvalue weighted by molar-refractivity contribution is 5.68. The minimum atomic E-state index is -1.03. The van der Waals surface area contributed by atoms with Gasteiger partial charge in [-0.25, -0.2) is 4.79 Å². The average molecular weight is 660 g/mol. The predicted molar refractivity (Wildman–Crippen MR) is 187 cm³/mol. The molecule has 1 saturated heterocycles. The molecule has 260 valence electrons. The fraction of sp³-hybridized carbons (Fsp3) is 0.475. The van der Waals surface area contributed by atoms with Crippen LogP contribution in [0.2, 0.25) is 0 Å². The third-order valence-electron chi connectivity index (χ3n) is 8.52. The Labute approximate surface area is 286 Å². The van der Waals surface area contributed by atoms with E-state index in [1.54, 1.807) is 26.8 Å². The quantitative estimate of drug-likeness (QED) is 0.157. The number of aryl methyl sites for hydroxylation is 1. The van der Waals surface area contributed by atoms with Crippen molar-refractivity contribution < 1.29 is 33.6 Å². The van der Waals surface area contributed by atoms with Crippen LogP contribution in [-0.2, 0) is 43.3 Å². The third kappa shape index (κ3) is 12.5. The number of rotatable bonds is 16. The Hall–Kier alpha value is -3.53. The molecule has 1 amide bonds. The Bertz CT molecular complexity index is 1360. The minimum Gasteiger partial charge on any atom is -0.444 e. The van der Waals surface area contributed by atoms with E-state index in [0.717, 1.165) is 24.0 Å². The topological polar surface area (TPSA) is 95.5 Å². The molecule has 1 aliphatic heterocycles. The molecule has 3 aromatic carbocycles. The number of amides is 1. The maximum absolute atomic E-state index is 12.8. The van der Waals surface area contributed by atoms with Gasteiger partial charge in [0.2, 0.25) is 0 Å². The zero-order chi connectivity index (χ0) is 34.4. The van der Waals surface area contributed by atoms with E-state index in [4.69, 9.17) is 23.7 Å². The van der Waals surface area contributed by atoms with Crippen LogP contribution in [0.4, 0.5) is 4.79 Å². The minimum absolute atomic E-state index is 0.0298. The van der Waals surface area contributed by atoms with Gasteiger partial charge in [-0.2, -0.15) is 0 Å². The van der Waals surface area contributed by atoms with Crippen LogP contribution in [0.1, 0.15) is 57.7 Å². The number of benzene rings is 3. The average Bonchev–Trinajstić information content (AvgIpc) is 3.07. The molecule has 1 heterocycles. The molecule has 1 fully saturated rings. The number of ether oxygens (including phenoxy) is 5. The zero-order valence-electron chi connectivity index (χ0n) is 29.0. The molecular formula is C40H53NO7. The lowest BCUT2D eigenvalue weighted by Crippen LogP contribution is -2.54. The predicted octanol–water partition coefficient (Wildman–Crippen LogP) is 7.25. The molecule has 0 saturated carbocycles. The third-order valence-corrected chi connectivity index (χ3v) is 8.52. The molecule has 7 atom stereocenters. The highest BCUT2D eigenvalue weighted by atomic mass is 16.7. The van der Waals surface area contributed by atoms with E-state index in [9.17, 15) is 9.90 Å². The summed E-state index contributed by atoms with van der Waals surface area (Å²) in [6, 6.07) is 29.4. The second-order valence-corrected chi connectivity index (χ2v) is 13.6. The van der Waals surface area contributed by atoms with Gasteiger partial charge in [0.1, 0.15) is 11.7 Å². The van der Waals surface area contributed by atoms with Crippen molar-refractivity contribution in [2.24, 2.45) is 11.8 Å². The number of alkyl carbamates (subject to hydrolysis) is 1. The number of carbonyl (C=O) groups excluding carboxylic acids is 1. The maximum atomic E-state index is 12.8. The van der Waals surface area contributed by atoms with Gasteiger partial charge >= 0.3 is 6.09 Å². The van der Waals surface area contributed by atoms with E-state index in [0.29, 0.717) is 19.8 Å². The second kappa shape index (κ2) is 18.9. The van der Waals surface area contributed by atoms with Crippen molar-refractivity contribution >= 4 is 6.09 Å². The molecular weight excluding hydrogens is 606 g/mol. The number of hydrogen-bond acceptors (Lipinski definition) is 7. The van der Waals surface area contributed by atoms with Crippen molar-refractivity contribution in [3.8, 4) is 0 Å². The Morgan fingerprint density at radius 2 is 1.44 bits per heavy atom. The van der Waals surface area contributed by atoms with Crippen molar-refractivity contribution in [3.63, 3.8) is 0 Å². The number of allylic oxidation sites excluding steroid dienone is 1. The standard InChI is InChI=1S/C40H53NO7/c1-29-30(2)37(45-26-33-22-13-8-14-23-33)38(47-36(29)28-44-25-32-20-11-7-12-21-32)46-27-34(41-39(43)48-40(3,4)5)35(42)24-16-15-19-31-17-9-6-10-18-31/h6-14,16-18,20-24,29-30,34-38,42H,15,19,25-28H2,1-5H3,(H,41,43)/b24-16+/t29-,30+,34+,35-,36?,37?,38+/m1/s1. The zero-order valence-corrected chi connectivity index (χ0v) is 29.0.